The average Bonchev–Trinajstić information content (AvgIpc) is 2.80. The first-order valence-electron chi connectivity index (χ1n) is 6.32. The molecule has 0 aromatic rings. The van der Waals surface area contributed by atoms with Crippen LogP contribution in [0.1, 0.15) is 53.4 Å². The zero-order valence-electron chi connectivity index (χ0n) is 10.2. The molecule has 1 spiro atoms. The molecule has 1 saturated carbocycles. The van der Waals surface area contributed by atoms with Crippen molar-refractivity contribution in [2.45, 2.75) is 65.0 Å². The van der Waals surface area contributed by atoms with Gasteiger partial charge in [0.25, 0.3) is 0 Å². The molecule has 0 bridgehead atoms. The molecule has 0 aromatic carbocycles. The van der Waals surface area contributed by atoms with Gasteiger partial charge in [0.1, 0.15) is 0 Å². The van der Waals surface area contributed by atoms with Gasteiger partial charge >= 0.3 is 0 Å². The first-order valence-corrected chi connectivity index (χ1v) is 6.32. The monoisotopic (exact) mass is 195 g/mol. The fourth-order valence-electron chi connectivity index (χ4n) is 3.30. The SMILES string of the molecule is CC(C)C1CCC2(CC1)CN2C(C)C. The highest BCUT2D eigenvalue weighted by Crippen LogP contribution is 2.48. The molecule has 2 fully saturated rings. The minimum atomic E-state index is 0.666. The molecule has 0 N–H and O–H groups in total. The lowest BCUT2D eigenvalue weighted by Gasteiger charge is -2.32. The van der Waals surface area contributed by atoms with Crippen molar-refractivity contribution >= 4 is 0 Å². The van der Waals surface area contributed by atoms with Crippen molar-refractivity contribution in [2.24, 2.45) is 11.8 Å². The van der Waals surface area contributed by atoms with Crippen LogP contribution in [0.2, 0.25) is 0 Å². The van der Waals surface area contributed by atoms with Crippen LogP contribution in [0.4, 0.5) is 0 Å². The second kappa shape index (κ2) is 3.52. The van der Waals surface area contributed by atoms with Crippen molar-refractivity contribution in [3.8, 4) is 0 Å². The van der Waals surface area contributed by atoms with Gasteiger partial charge in [-0.15, -0.1) is 0 Å². The Hall–Kier alpha value is -0.0400. The van der Waals surface area contributed by atoms with Crippen molar-refractivity contribution in [3.05, 3.63) is 0 Å². The fraction of sp³-hybridized carbons (Fsp3) is 1.00. The van der Waals surface area contributed by atoms with E-state index in [0.717, 1.165) is 17.9 Å². The van der Waals surface area contributed by atoms with Gasteiger partial charge in [0.2, 0.25) is 0 Å². The van der Waals surface area contributed by atoms with Crippen LogP contribution in [0.25, 0.3) is 0 Å². The van der Waals surface area contributed by atoms with Crippen molar-refractivity contribution in [1.29, 1.82) is 0 Å². The summed E-state index contributed by atoms with van der Waals surface area (Å²) >= 11 is 0. The second-order valence-corrected chi connectivity index (χ2v) is 6.03. The molecule has 2 aliphatic rings. The second-order valence-electron chi connectivity index (χ2n) is 6.03. The van der Waals surface area contributed by atoms with E-state index in [2.05, 4.69) is 32.6 Å². The van der Waals surface area contributed by atoms with Gasteiger partial charge in [0.15, 0.2) is 0 Å². The Labute approximate surface area is 88.9 Å². The minimum absolute atomic E-state index is 0.666. The van der Waals surface area contributed by atoms with Crippen LogP contribution in [0, 0.1) is 11.8 Å². The smallest absolute Gasteiger partial charge is 0.0340 e. The lowest BCUT2D eigenvalue weighted by atomic mass is 9.76. The maximum atomic E-state index is 2.70. The molecule has 1 aliphatic heterocycles. The van der Waals surface area contributed by atoms with Crippen LogP contribution < -0.4 is 0 Å². The Morgan fingerprint density at radius 2 is 1.64 bits per heavy atom. The normalized spacial score (nSPS) is 42.4. The number of nitrogens with zero attached hydrogens (tertiary/aromatic N) is 1. The first kappa shape index (κ1) is 10.5. The van der Waals surface area contributed by atoms with E-state index in [1.807, 2.05) is 0 Å². The van der Waals surface area contributed by atoms with Gasteiger partial charge in [0, 0.05) is 18.1 Å². The van der Waals surface area contributed by atoms with E-state index in [4.69, 9.17) is 0 Å². The standard InChI is InChI=1S/C13H25N/c1-10(2)12-5-7-13(8-6-12)9-14(13)11(3)4/h10-12H,5-9H2,1-4H3. The predicted octanol–water partition coefficient (Wildman–Crippen LogP) is 3.30. The van der Waals surface area contributed by atoms with E-state index >= 15 is 0 Å². The molecule has 0 amide bonds. The van der Waals surface area contributed by atoms with Gasteiger partial charge < -0.3 is 0 Å². The summed E-state index contributed by atoms with van der Waals surface area (Å²) in [5, 5.41) is 0. The van der Waals surface area contributed by atoms with Crippen LogP contribution in [-0.2, 0) is 0 Å². The van der Waals surface area contributed by atoms with Crippen LogP contribution in [0.3, 0.4) is 0 Å². The lowest BCUT2D eigenvalue weighted by Crippen LogP contribution is -2.30. The molecule has 1 heterocycles. The van der Waals surface area contributed by atoms with Gasteiger partial charge in [-0.3, -0.25) is 4.90 Å². The molecule has 1 unspecified atom stereocenters. The Morgan fingerprint density at radius 3 is 2.00 bits per heavy atom. The van der Waals surface area contributed by atoms with Crippen molar-refractivity contribution in [3.63, 3.8) is 0 Å². The molecule has 0 radical (unpaired) electrons. The molecular weight excluding hydrogens is 170 g/mol. The third-order valence-electron chi connectivity index (χ3n) is 4.50. The van der Waals surface area contributed by atoms with E-state index in [-0.39, 0.29) is 0 Å². The summed E-state index contributed by atoms with van der Waals surface area (Å²) in [5.74, 6) is 1.91. The third kappa shape index (κ3) is 1.71. The Bertz CT molecular complexity index is 199. The van der Waals surface area contributed by atoms with Crippen LogP contribution >= 0.6 is 0 Å². The molecular formula is C13H25N. The molecule has 1 atom stereocenters. The highest BCUT2D eigenvalue weighted by atomic mass is 15.4. The van der Waals surface area contributed by atoms with Gasteiger partial charge in [-0.1, -0.05) is 13.8 Å². The van der Waals surface area contributed by atoms with Crippen LogP contribution in [-0.4, -0.2) is 23.0 Å². The average molecular weight is 195 g/mol. The number of hydrogen-bond acceptors (Lipinski definition) is 1. The summed E-state index contributed by atoms with van der Waals surface area (Å²) in [4.78, 5) is 2.70. The zero-order chi connectivity index (χ0) is 10.3. The molecule has 82 valence electrons. The summed E-state index contributed by atoms with van der Waals surface area (Å²) < 4.78 is 0. The fourth-order valence-corrected chi connectivity index (χ4v) is 3.30. The van der Waals surface area contributed by atoms with Gasteiger partial charge in [-0.25, -0.2) is 0 Å². The molecule has 14 heavy (non-hydrogen) atoms. The molecule has 1 nitrogen and oxygen atoms in total. The highest BCUT2D eigenvalue weighted by molar-refractivity contribution is 5.10. The summed E-state index contributed by atoms with van der Waals surface area (Å²) in [6.07, 6.45) is 5.88. The quantitative estimate of drug-likeness (QED) is 0.611. The van der Waals surface area contributed by atoms with Gasteiger partial charge in [-0.05, 0) is 51.4 Å². The van der Waals surface area contributed by atoms with Crippen molar-refractivity contribution < 1.29 is 0 Å². The third-order valence-corrected chi connectivity index (χ3v) is 4.50. The van der Waals surface area contributed by atoms with Crippen molar-refractivity contribution in [1.82, 2.24) is 4.90 Å². The zero-order valence-corrected chi connectivity index (χ0v) is 10.2. The maximum absolute atomic E-state index is 2.70. The van der Waals surface area contributed by atoms with Crippen LogP contribution in [0.15, 0.2) is 0 Å². The summed E-state index contributed by atoms with van der Waals surface area (Å²) in [6.45, 7) is 10.8. The highest BCUT2D eigenvalue weighted by Gasteiger charge is 2.53. The molecule has 1 heteroatoms. The molecule has 1 saturated heterocycles. The number of rotatable bonds is 2. The van der Waals surface area contributed by atoms with E-state index in [0.29, 0.717) is 5.54 Å². The summed E-state index contributed by atoms with van der Waals surface area (Å²) in [5.41, 5.74) is 0.666. The van der Waals surface area contributed by atoms with E-state index < -0.39 is 0 Å². The molecule has 2 rings (SSSR count). The molecule has 0 aromatic heterocycles. The Morgan fingerprint density at radius 1 is 1.07 bits per heavy atom. The minimum Gasteiger partial charge on any atom is -0.292 e. The lowest BCUT2D eigenvalue weighted by molar-refractivity contribution is 0.200. The van der Waals surface area contributed by atoms with E-state index in [9.17, 15) is 0 Å². The maximum Gasteiger partial charge on any atom is 0.0340 e. The first-order chi connectivity index (χ1) is 6.55. The summed E-state index contributed by atoms with van der Waals surface area (Å²) in [6, 6.07) is 0.769. The van der Waals surface area contributed by atoms with E-state index in [1.54, 1.807) is 0 Å². The largest absolute Gasteiger partial charge is 0.292 e. The van der Waals surface area contributed by atoms with Crippen LogP contribution in [0.5, 0.6) is 0 Å². The topological polar surface area (TPSA) is 3.01 Å². The van der Waals surface area contributed by atoms with Gasteiger partial charge in [0.05, 0.1) is 0 Å². The van der Waals surface area contributed by atoms with Gasteiger partial charge in [-0.2, -0.15) is 0 Å². The molecule has 1 aliphatic carbocycles. The van der Waals surface area contributed by atoms with E-state index in [1.165, 1.54) is 32.2 Å². The Balaban J connectivity index is 1.86. The van der Waals surface area contributed by atoms with Crippen molar-refractivity contribution in [2.75, 3.05) is 6.54 Å². The predicted molar refractivity (Wildman–Crippen MR) is 61.4 cm³/mol. The Kier molecular flexibility index (Phi) is 2.63. The number of hydrogen-bond donors (Lipinski definition) is 0. The summed E-state index contributed by atoms with van der Waals surface area (Å²) in [7, 11) is 0.